The van der Waals surface area contributed by atoms with E-state index in [1.807, 2.05) is 0 Å². The second kappa shape index (κ2) is 6.33. The first-order valence-corrected chi connectivity index (χ1v) is 4.50. The van der Waals surface area contributed by atoms with Crippen LogP contribution in [-0.2, 0) is 0 Å². The summed E-state index contributed by atoms with van der Waals surface area (Å²) in [5, 5.41) is 28.7. The van der Waals surface area contributed by atoms with E-state index in [2.05, 4.69) is 0 Å². The van der Waals surface area contributed by atoms with E-state index in [-0.39, 0.29) is 31.0 Å². The van der Waals surface area contributed by atoms with Crippen LogP contribution >= 0.6 is 12.4 Å². The molecule has 0 spiro atoms. The zero-order valence-electron chi connectivity index (χ0n) is 8.67. The molecule has 8 heteroatoms. The molecule has 4 N–H and O–H groups in total. The van der Waals surface area contributed by atoms with Gasteiger partial charge >= 0.3 is 5.69 Å². The van der Waals surface area contributed by atoms with Crippen molar-refractivity contribution in [3.8, 4) is 5.75 Å². The van der Waals surface area contributed by atoms with Crippen molar-refractivity contribution in [1.82, 2.24) is 0 Å². The highest BCUT2D eigenvalue weighted by atomic mass is 35.5. The second-order valence-electron chi connectivity index (χ2n) is 3.24. The molecule has 0 aromatic heterocycles. The molecule has 96 valence electrons. The van der Waals surface area contributed by atoms with Crippen molar-refractivity contribution in [2.45, 2.75) is 12.5 Å². The second-order valence-corrected chi connectivity index (χ2v) is 3.24. The Kier molecular flexibility index (Phi) is 5.80. The number of nitrogens with zero attached hydrogens (tertiary/aromatic N) is 1. The first-order valence-electron chi connectivity index (χ1n) is 4.50. The number of hydrogen-bond donors (Lipinski definition) is 3. The number of aliphatic hydroxyl groups excluding tert-OH is 1. The van der Waals surface area contributed by atoms with Gasteiger partial charge in [0.1, 0.15) is 5.82 Å². The normalized spacial score (nSPS) is 11.7. The van der Waals surface area contributed by atoms with E-state index in [0.29, 0.717) is 6.07 Å². The molecule has 0 saturated heterocycles. The summed E-state index contributed by atoms with van der Waals surface area (Å²) in [4.78, 5) is 9.60. The Morgan fingerprint density at radius 3 is 2.59 bits per heavy atom. The summed E-state index contributed by atoms with van der Waals surface area (Å²) in [5.41, 5.74) is 4.72. The number of nitro groups is 1. The predicted molar refractivity (Wildman–Crippen MR) is 60.6 cm³/mol. The lowest BCUT2D eigenvalue weighted by Gasteiger charge is -2.12. The smallest absolute Gasteiger partial charge is 0.313 e. The quantitative estimate of drug-likeness (QED) is 0.561. The molecule has 0 aliphatic heterocycles. The largest absolute Gasteiger partial charge is 0.502 e. The fourth-order valence-corrected chi connectivity index (χ4v) is 1.32. The van der Waals surface area contributed by atoms with Gasteiger partial charge in [-0.15, -0.1) is 12.4 Å². The molecule has 0 radical (unpaired) electrons. The number of nitro benzene ring substituents is 1. The van der Waals surface area contributed by atoms with Crippen molar-refractivity contribution in [2.75, 3.05) is 6.61 Å². The minimum absolute atomic E-state index is 0. The van der Waals surface area contributed by atoms with Gasteiger partial charge in [-0.2, -0.15) is 0 Å². The molecule has 17 heavy (non-hydrogen) atoms. The van der Waals surface area contributed by atoms with Gasteiger partial charge in [-0.05, 0) is 12.5 Å². The van der Waals surface area contributed by atoms with E-state index in [4.69, 9.17) is 10.8 Å². The lowest BCUT2D eigenvalue weighted by Crippen LogP contribution is -2.13. The first kappa shape index (κ1) is 15.6. The van der Waals surface area contributed by atoms with Crippen LogP contribution in [0.15, 0.2) is 12.1 Å². The Bertz CT molecular complexity index is 416. The van der Waals surface area contributed by atoms with Gasteiger partial charge in [0.15, 0.2) is 5.75 Å². The molecule has 1 aromatic carbocycles. The molecule has 0 heterocycles. The average molecular weight is 267 g/mol. The third-order valence-electron chi connectivity index (χ3n) is 2.12. The molecule has 0 aliphatic rings. The van der Waals surface area contributed by atoms with E-state index >= 15 is 0 Å². The molecular weight excluding hydrogens is 255 g/mol. The molecular formula is C9H12ClFN2O4. The highest BCUT2D eigenvalue weighted by Gasteiger charge is 2.22. The third kappa shape index (κ3) is 3.52. The van der Waals surface area contributed by atoms with Crippen LogP contribution in [0.5, 0.6) is 5.75 Å². The minimum Gasteiger partial charge on any atom is -0.502 e. The van der Waals surface area contributed by atoms with Gasteiger partial charge in [-0.1, -0.05) is 0 Å². The van der Waals surface area contributed by atoms with Crippen molar-refractivity contribution < 1.29 is 19.5 Å². The number of benzene rings is 1. The third-order valence-corrected chi connectivity index (χ3v) is 2.12. The molecule has 0 fully saturated rings. The van der Waals surface area contributed by atoms with Crippen LogP contribution < -0.4 is 5.73 Å². The SMILES string of the molecule is Cl.N[C@H](CCO)c1cc(F)cc([N+](=O)[O-])c1O. The standard InChI is InChI=1S/C9H11FN2O4.ClH/c10-5-3-6(7(11)1-2-13)9(14)8(4-5)12(15)16;/h3-4,7,13-14H,1-2,11H2;1H/t7-;/m1./s1. The van der Waals surface area contributed by atoms with Crippen LogP contribution in [0, 0.1) is 15.9 Å². The summed E-state index contributed by atoms with van der Waals surface area (Å²) < 4.78 is 13.0. The average Bonchev–Trinajstić information content (AvgIpc) is 2.20. The van der Waals surface area contributed by atoms with Crippen LogP contribution in [0.4, 0.5) is 10.1 Å². The number of phenolic OH excluding ortho intramolecular Hbond substituents is 1. The lowest BCUT2D eigenvalue weighted by molar-refractivity contribution is -0.386. The zero-order valence-corrected chi connectivity index (χ0v) is 9.48. The van der Waals surface area contributed by atoms with E-state index in [9.17, 15) is 19.6 Å². The molecule has 1 atom stereocenters. The van der Waals surface area contributed by atoms with Crippen molar-refractivity contribution >= 4 is 18.1 Å². The maximum atomic E-state index is 13.0. The van der Waals surface area contributed by atoms with Crippen molar-refractivity contribution in [3.05, 3.63) is 33.6 Å². The number of aromatic hydroxyl groups is 1. The van der Waals surface area contributed by atoms with E-state index in [1.165, 1.54) is 0 Å². The van der Waals surface area contributed by atoms with Gasteiger partial charge in [0, 0.05) is 18.2 Å². The molecule has 0 saturated carbocycles. The fourth-order valence-electron chi connectivity index (χ4n) is 1.32. The number of phenols is 1. The molecule has 0 amide bonds. The maximum absolute atomic E-state index is 13.0. The van der Waals surface area contributed by atoms with Crippen LogP contribution in [0.1, 0.15) is 18.0 Å². The summed E-state index contributed by atoms with van der Waals surface area (Å²) in [6.07, 6.45) is 0.0775. The molecule has 0 aliphatic carbocycles. The summed E-state index contributed by atoms with van der Waals surface area (Å²) in [6, 6.07) is 0.687. The van der Waals surface area contributed by atoms with Crippen molar-refractivity contribution in [3.63, 3.8) is 0 Å². The number of rotatable bonds is 4. The lowest BCUT2D eigenvalue weighted by atomic mass is 10.0. The zero-order chi connectivity index (χ0) is 12.3. The summed E-state index contributed by atoms with van der Waals surface area (Å²) in [5.74, 6) is -1.51. The maximum Gasteiger partial charge on any atom is 0.313 e. The predicted octanol–water partition coefficient (Wildman–Crippen LogP) is 1.24. The minimum atomic E-state index is -0.895. The molecule has 0 bridgehead atoms. The molecule has 6 nitrogen and oxygen atoms in total. The Hall–Kier alpha value is -1.44. The Morgan fingerprint density at radius 1 is 1.53 bits per heavy atom. The summed E-state index contributed by atoms with van der Waals surface area (Å²) in [6.45, 7) is -0.259. The van der Waals surface area contributed by atoms with Crippen LogP contribution in [0.25, 0.3) is 0 Å². The topological polar surface area (TPSA) is 110 Å². The van der Waals surface area contributed by atoms with Crippen molar-refractivity contribution in [1.29, 1.82) is 0 Å². The molecule has 1 aromatic rings. The van der Waals surface area contributed by atoms with Gasteiger partial charge in [0.25, 0.3) is 0 Å². The summed E-state index contributed by atoms with van der Waals surface area (Å²) in [7, 11) is 0. The van der Waals surface area contributed by atoms with Gasteiger partial charge in [-0.25, -0.2) is 4.39 Å². The van der Waals surface area contributed by atoms with Crippen LogP contribution in [0.2, 0.25) is 0 Å². The molecule has 0 unspecified atom stereocenters. The monoisotopic (exact) mass is 266 g/mol. The van der Waals surface area contributed by atoms with Gasteiger partial charge in [0.2, 0.25) is 0 Å². The fraction of sp³-hybridized carbons (Fsp3) is 0.333. The molecule has 1 rings (SSSR count). The Labute approximate surface area is 102 Å². The highest BCUT2D eigenvalue weighted by molar-refractivity contribution is 5.85. The first-order chi connectivity index (χ1) is 7.47. The number of aliphatic hydroxyl groups is 1. The van der Waals surface area contributed by atoms with E-state index in [0.717, 1.165) is 6.07 Å². The van der Waals surface area contributed by atoms with Gasteiger partial charge in [0.05, 0.1) is 11.0 Å². The van der Waals surface area contributed by atoms with Gasteiger partial charge < -0.3 is 15.9 Å². The number of hydrogen-bond acceptors (Lipinski definition) is 5. The van der Waals surface area contributed by atoms with Crippen molar-refractivity contribution in [2.24, 2.45) is 5.73 Å². The van der Waals surface area contributed by atoms with Crippen LogP contribution in [-0.4, -0.2) is 21.7 Å². The highest BCUT2D eigenvalue weighted by Crippen LogP contribution is 2.34. The number of nitrogens with two attached hydrogens (primary N) is 1. The van der Waals surface area contributed by atoms with Gasteiger partial charge in [-0.3, -0.25) is 10.1 Å². The van der Waals surface area contributed by atoms with Crippen LogP contribution in [0.3, 0.4) is 0 Å². The van der Waals surface area contributed by atoms with E-state index < -0.39 is 28.2 Å². The summed E-state index contributed by atoms with van der Waals surface area (Å²) >= 11 is 0. The Morgan fingerprint density at radius 2 is 2.12 bits per heavy atom. The van der Waals surface area contributed by atoms with E-state index in [1.54, 1.807) is 0 Å². The Balaban J connectivity index is 0.00000256. The number of halogens is 2.